The molecule has 1 aliphatic rings. The van der Waals surface area contributed by atoms with Crippen LogP contribution in [0.15, 0.2) is 24.5 Å². The maximum Gasteiger partial charge on any atom is 0.417 e. The minimum absolute atomic E-state index is 0.0759. The highest BCUT2D eigenvalue weighted by atomic mass is 19.4. The Hall–Kier alpha value is -2.53. The first-order valence-electron chi connectivity index (χ1n) is 8.11. The normalized spacial score (nSPS) is 15.8. The Morgan fingerprint density at radius 1 is 1.27 bits per heavy atom. The van der Waals surface area contributed by atoms with E-state index < -0.39 is 17.6 Å². The van der Waals surface area contributed by atoms with E-state index in [2.05, 4.69) is 30.8 Å². The molecule has 1 amide bonds. The van der Waals surface area contributed by atoms with Crippen LogP contribution < -0.4 is 10.6 Å². The number of carbonyl (C=O) groups excluding carboxylic acids is 1. The molecule has 0 radical (unpaired) electrons. The summed E-state index contributed by atoms with van der Waals surface area (Å²) in [5, 5.41) is 13.5. The third-order valence-corrected chi connectivity index (χ3v) is 3.96. The molecule has 8 nitrogen and oxygen atoms in total. The van der Waals surface area contributed by atoms with Gasteiger partial charge in [0.2, 0.25) is 0 Å². The van der Waals surface area contributed by atoms with Gasteiger partial charge in [0.05, 0.1) is 11.8 Å². The molecule has 26 heavy (non-hydrogen) atoms. The van der Waals surface area contributed by atoms with Crippen LogP contribution in [-0.4, -0.2) is 70.1 Å². The van der Waals surface area contributed by atoms with Crippen molar-refractivity contribution in [3.8, 4) is 5.82 Å². The number of aromatic nitrogens is 4. The molecule has 0 aromatic carbocycles. The lowest BCUT2D eigenvalue weighted by molar-refractivity contribution is -0.137. The number of pyridine rings is 1. The topological polar surface area (TPSA) is 88.0 Å². The van der Waals surface area contributed by atoms with E-state index in [1.54, 1.807) is 0 Å². The van der Waals surface area contributed by atoms with Gasteiger partial charge in [0, 0.05) is 45.5 Å². The highest BCUT2D eigenvalue weighted by molar-refractivity contribution is 5.91. The molecule has 1 fully saturated rings. The van der Waals surface area contributed by atoms with E-state index in [-0.39, 0.29) is 11.5 Å². The Labute approximate surface area is 147 Å². The summed E-state index contributed by atoms with van der Waals surface area (Å²) < 4.78 is 38.8. The van der Waals surface area contributed by atoms with Crippen LogP contribution in [0.25, 0.3) is 5.82 Å². The number of piperazine rings is 1. The van der Waals surface area contributed by atoms with Crippen molar-refractivity contribution in [2.45, 2.75) is 6.18 Å². The van der Waals surface area contributed by atoms with Crippen molar-refractivity contribution >= 4 is 5.91 Å². The number of rotatable bonds is 5. The van der Waals surface area contributed by atoms with Gasteiger partial charge in [-0.15, -0.1) is 5.10 Å². The van der Waals surface area contributed by atoms with Crippen LogP contribution in [0.5, 0.6) is 0 Å². The van der Waals surface area contributed by atoms with Gasteiger partial charge in [0.15, 0.2) is 11.5 Å². The van der Waals surface area contributed by atoms with Crippen LogP contribution in [-0.2, 0) is 6.18 Å². The number of nitrogens with zero attached hydrogens (tertiary/aromatic N) is 5. The van der Waals surface area contributed by atoms with Crippen LogP contribution in [0.4, 0.5) is 13.2 Å². The van der Waals surface area contributed by atoms with E-state index in [4.69, 9.17) is 0 Å². The fraction of sp³-hybridized carbons (Fsp3) is 0.467. The lowest BCUT2D eigenvalue weighted by atomic mass is 10.3. The largest absolute Gasteiger partial charge is 0.417 e. The zero-order chi connectivity index (χ0) is 18.6. The fourth-order valence-corrected chi connectivity index (χ4v) is 2.52. The van der Waals surface area contributed by atoms with Crippen LogP contribution in [0, 0.1) is 0 Å². The van der Waals surface area contributed by atoms with Gasteiger partial charge in [-0.3, -0.25) is 9.69 Å². The molecule has 1 aliphatic heterocycles. The summed E-state index contributed by atoms with van der Waals surface area (Å²) in [6.45, 7) is 4.95. The van der Waals surface area contributed by atoms with Crippen molar-refractivity contribution in [1.29, 1.82) is 0 Å². The van der Waals surface area contributed by atoms with Gasteiger partial charge < -0.3 is 10.6 Å². The molecule has 140 valence electrons. The van der Waals surface area contributed by atoms with E-state index in [0.29, 0.717) is 12.7 Å². The molecule has 0 saturated carbocycles. The van der Waals surface area contributed by atoms with Gasteiger partial charge >= 0.3 is 6.18 Å². The maximum atomic E-state index is 12.6. The quantitative estimate of drug-likeness (QED) is 0.789. The first-order valence-corrected chi connectivity index (χ1v) is 8.11. The Bertz CT molecular complexity index is 738. The molecule has 0 spiro atoms. The van der Waals surface area contributed by atoms with E-state index in [9.17, 15) is 18.0 Å². The second-order valence-corrected chi connectivity index (χ2v) is 5.80. The zero-order valence-corrected chi connectivity index (χ0v) is 13.8. The molecule has 2 N–H and O–H groups in total. The SMILES string of the molecule is O=C(NCCN1CCNCC1)c1cn(-c2ccc(C(F)(F)F)cn2)nn1. The van der Waals surface area contributed by atoms with Crippen molar-refractivity contribution in [3.05, 3.63) is 35.8 Å². The van der Waals surface area contributed by atoms with E-state index in [1.165, 1.54) is 12.3 Å². The molecule has 0 atom stereocenters. The van der Waals surface area contributed by atoms with Gasteiger partial charge in [-0.2, -0.15) is 13.2 Å². The molecule has 11 heteroatoms. The molecule has 2 aromatic heterocycles. The van der Waals surface area contributed by atoms with Crippen molar-refractivity contribution in [1.82, 2.24) is 35.5 Å². The highest BCUT2D eigenvalue weighted by Gasteiger charge is 2.30. The number of alkyl halides is 3. The summed E-state index contributed by atoms with van der Waals surface area (Å²) in [5.41, 5.74) is -0.778. The van der Waals surface area contributed by atoms with Crippen molar-refractivity contribution in [3.63, 3.8) is 0 Å². The van der Waals surface area contributed by atoms with Crippen LogP contribution >= 0.6 is 0 Å². The van der Waals surface area contributed by atoms with Crippen LogP contribution in [0.3, 0.4) is 0 Å². The minimum Gasteiger partial charge on any atom is -0.349 e. The number of hydrogen-bond acceptors (Lipinski definition) is 6. The second-order valence-electron chi connectivity index (χ2n) is 5.80. The second kappa shape index (κ2) is 7.79. The molecule has 1 saturated heterocycles. The van der Waals surface area contributed by atoms with Gasteiger partial charge in [-0.05, 0) is 12.1 Å². The van der Waals surface area contributed by atoms with Gasteiger partial charge in [-0.25, -0.2) is 9.67 Å². The number of hydrogen-bond donors (Lipinski definition) is 2. The third kappa shape index (κ3) is 4.55. The van der Waals surface area contributed by atoms with Gasteiger partial charge in [0.25, 0.3) is 5.91 Å². The molecule has 0 aliphatic carbocycles. The summed E-state index contributed by atoms with van der Waals surface area (Å²) in [6, 6.07) is 2.07. The third-order valence-electron chi connectivity index (χ3n) is 3.96. The predicted octanol–water partition coefficient (Wildman–Crippen LogP) is 0.316. The molecular weight excluding hydrogens is 351 g/mol. The highest BCUT2D eigenvalue weighted by Crippen LogP contribution is 2.28. The first-order chi connectivity index (χ1) is 12.4. The van der Waals surface area contributed by atoms with Crippen LogP contribution in [0.1, 0.15) is 16.1 Å². The molecule has 0 bridgehead atoms. The van der Waals surface area contributed by atoms with Crippen molar-refractivity contribution in [2.75, 3.05) is 39.3 Å². The maximum absolute atomic E-state index is 12.6. The molecule has 3 rings (SSSR count). The summed E-state index contributed by atoms with van der Waals surface area (Å²) in [4.78, 5) is 18.0. The lowest BCUT2D eigenvalue weighted by Crippen LogP contribution is -2.46. The monoisotopic (exact) mass is 369 g/mol. The predicted molar refractivity (Wildman–Crippen MR) is 85.8 cm³/mol. The standard InChI is InChI=1S/C15H18F3N7O/c16-15(17,18)11-1-2-13(21-9-11)25-10-12(22-23-25)14(26)20-5-8-24-6-3-19-4-7-24/h1-2,9-10,19H,3-8H2,(H,20,26). The lowest BCUT2D eigenvalue weighted by Gasteiger charge is -2.26. The number of carbonyl (C=O) groups is 1. The molecule has 3 heterocycles. The Morgan fingerprint density at radius 2 is 2.04 bits per heavy atom. The number of amides is 1. The Balaban J connectivity index is 1.55. The summed E-state index contributed by atoms with van der Waals surface area (Å²) in [5.74, 6) is -0.247. The molecule has 0 unspecified atom stereocenters. The van der Waals surface area contributed by atoms with E-state index >= 15 is 0 Å². The number of halogens is 3. The summed E-state index contributed by atoms with van der Waals surface area (Å²) >= 11 is 0. The van der Waals surface area contributed by atoms with Crippen LogP contribution in [0.2, 0.25) is 0 Å². The summed E-state index contributed by atoms with van der Waals surface area (Å²) in [6.07, 6.45) is -2.41. The van der Waals surface area contributed by atoms with Crippen molar-refractivity contribution < 1.29 is 18.0 Å². The van der Waals surface area contributed by atoms with E-state index in [0.717, 1.165) is 43.5 Å². The Morgan fingerprint density at radius 3 is 2.69 bits per heavy atom. The average Bonchev–Trinajstić information content (AvgIpc) is 3.12. The fourth-order valence-electron chi connectivity index (χ4n) is 2.52. The summed E-state index contributed by atoms with van der Waals surface area (Å²) in [7, 11) is 0. The van der Waals surface area contributed by atoms with Crippen molar-refractivity contribution in [2.24, 2.45) is 0 Å². The smallest absolute Gasteiger partial charge is 0.349 e. The Kier molecular flexibility index (Phi) is 5.47. The molecular formula is C15H18F3N7O. The van der Waals surface area contributed by atoms with E-state index in [1.807, 2.05) is 0 Å². The first kappa shape index (κ1) is 18.3. The minimum atomic E-state index is -4.45. The van der Waals surface area contributed by atoms with Gasteiger partial charge in [0.1, 0.15) is 0 Å². The molecule has 2 aromatic rings. The van der Waals surface area contributed by atoms with Gasteiger partial charge in [-0.1, -0.05) is 5.21 Å². The average molecular weight is 369 g/mol. The zero-order valence-electron chi connectivity index (χ0n) is 13.8. The number of nitrogens with one attached hydrogen (secondary N) is 2.